The first-order chi connectivity index (χ1) is 17.3. The molecule has 0 unspecified atom stereocenters. The van der Waals surface area contributed by atoms with E-state index in [1.807, 2.05) is 30.3 Å². The normalized spacial score (nSPS) is 14.4. The number of halogens is 1. The lowest BCUT2D eigenvalue weighted by Crippen LogP contribution is -2.34. The highest BCUT2D eigenvalue weighted by molar-refractivity contribution is 9.10. The third kappa shape index (κ3) is 5.29. The molecule has 4 rings (SSSR count). The Morgan fingerprint density at radius 1 is 1.08 bits per heavy atom. The molecule has 2 amide bonds. The predicted octanol–water partition coefficient (Wildman–Crippen LogP) is 5.43. The lowest BCUT2D eigenvalue weighted by molar-refractivity contribution is -0.145. The van der Waals surface area contributed by atoms with Crippen LogP contribution in [0.3, 0.4) is 0 Å². The SMILES string of the molecule is CCOC(=O)CN1C(=O)S/C(=C\c2cc(Br)c(OC(=O)c3cccc4ccccc34)c(OC)c2)C1=O. The number of esters is 2. The maximum absolute atomic E-state index is 13.0. The van der Waals surface area contributed by atoms with Crippen LogP contribution in [0, 0.1) is 0 Å². The minimum Gasteiger partial charge on any atom is -0.493 e. The molecule has 0 atom stereocenters. The lowest BCUT2D eigenvalue weighted by atomic mass is 10.0. The Labute approximate surface area is 219 Å². The average Bonchev–Trinajstić information content (AvgIpc) is 3.12. The van der Waals surface area contributed by atoms with Crippen LogP contribution >= 0.6 is 27.7 Å². The maximum Gasteiger partial charge on any atom is 0.344 e. The van der Waals surface area contributed by atoms with Gasteiger partial charge in [-0.15, -0.1) is 0 Å². The van der Waals surface area contributed by atoms with Crippen LogP contribution in [0.2, 0.25) is 0 Å². The molecule has 36 heavy (non-hydrogen) atoms. The van der Waals surface area contributed by atoms with Gasteiger partial charge < -0.3 is 14.2 Å². The molecule has 3 aromatic carbocycles. The number of fused-ring (bicyclic) bond motifs is 1. The van der Waals surface area contributed by atoms with Crippen molar-refractivity contribution in [1.29, 1.82) is 0 Å². The van der Waals surface area contributed by atoms with Crippen LogP contribution < -0.4 is 9.47 Å². The Hall–Kier alpha value is -3.63. The van der Waals surface area contributed by atoms with Crippen molar-refractivity contribution in [2.45, 2.75) is 6.92 Å². The van der Waals surface area contributed by atoms with Crippen molar-refractivity contribution in [2.24, 2.45) is 0 Å². The molecule has 0 aliphatic carbocycles. The van der Waals surface area contributed by atoms with E-state index < -0.39 is 29.6 Å². The Bertz CT molecular complexity index is 1410. The Kier molecular flexibility index (Phi) is 7.76. The topological polar surface area (TPSA) is 99.2 Å². The second-order valence-corrected chi connectivity index (χ2v) is 9.37. The number of rotatable bonds is 7. The van der Waals surface area contributed by atoms with Gasteiger partial charge in [-0.3, -0.25) is 19.3 Å². The van der Waals surface area contributed by atoms with Gasteiger partial charge in [-0.2, -0.15) is 0 Å². The van der Waals surface area contributed by atoms with Gasteiger partial charge >= 0.3 is 11.9 Å². The van der Waals surface area contributed by atoms with Crippen molar-refractivity contribution in [1.82, 2.24) is 4.90 Å². The first-order valence-corrected chi connectivity index (χ1v) is 12.4. The number of nitrogens with zero attached hydrogens (tertiary/aromatic N) is 1. The van der Waals surface area contributed by atoms with Gasteiger partial charge in [-0.05, 0) is 75.2 Å². The number of benzene rings is 3. The molecular formula is C26H20BrNO7S. The molecule has 0 saturated carbocycles. The molecule has 8 nitrogen and oxygen atoms in total. The minimum absolute atomic E-state index is 0.138. The summed E-state index contributed by atoms with van der Waals surface area (Å²) in [6.45, 7) is 1.34. The lowest BCUT2D eigenvalue weighted by Gasteiger charge is -2.13. The molecule has 0 bridgehead atoms. The van der Waals surface area contributed by atoms with E-state index in [4.69, 9.17) is 14.2 Å². The van der Waals surface area contributed by atoms with Crippen molar-refractivity contribution in [3.8, 4) is 11.5 Å². The summed E-state index contributed by atoms with van der Waals surface area (Å²) in [5.41, 5.74) is 0.923. The number of imide groups is 1. The van der Waals surface area contributed by atoms with E-state index in [9.17, 15) is 19.2 Å². The summed E-state index contributed by atoms with van der Waals surface area (Å²) in [5.74, 6) is -1.40. The molecule has 1 fully saturated rings. The van der Waals surface area contributed by atoms with E-state index in [-0.39, 0.29) is 23.0 Å². The smallest absolute Gasteiger partial charge is 0.344 e. The number of ether oxygens (including phenoxy) is 3. The quantitative estimate of drug-likeness (QED) is 0.211. The summed E-state index contributed by atoms with van der Waals surface area (Å²) in [4.78, 5) is 50.6. The van der Waals surface area contributed by atoms with E-state index in [1.54, 1.807) is 31.2 Å². The van der Waals surface area contributed by atoms with Gasteiger partial charge in [0.25, 0.3) is 11.1 Å². The van der Waals surface area contributed by atoms with Gasteiger partial charge in [-0.25, -0.2) is 4.79 Å². The van der Waals surface area contributed by atoms with Crippen LogP contribution in [0.15, 0.2) is 64.0 Å². The third-order valence-corrected chi connectivity index (χ3v) is 6.72. The van der Waals surface area contributed by atoms with Crippen LogP contribution in [0.4, 0.5) is 4.79 Å². The van der Waals surface area contributed by atoms with E-state index in [1.165, 1.54) is 13.2 Å². The van der Waals surface area contributed by atoms with Crippen LogP contribution in [-0.4, -0.2) is 48.2 Å². The summed E-state index contributed by atoms with van der Waals surface area (Å²) >= 11 is 4.13. The fraction of sp³-hybridized carbons (Fsp3) is 0.154. The standard InChI is InChI=1S/C26H20BrNO7S/c1-3-34-22(29)14-28-24(30)21(36-26(28)32)13-15-11-19(27)23(20(12-15)33-2)35-25(31)18-10-6-8-16-7-4-5-9-17(16)18/h4-13H,3,14H2,1-2H3/b21-13-. The second-order valence-electron chi connectivity index (χ2n) is 7.52. The largest absolute Gasteiger partial charge is 0.493 e. The van der Waals surface area contributed by atoms with Gasteiger partial charge in [0.1, 0.15) is 6.54 Å². The zero-order valence-electron chi connectivity index (χ0n) is 19.3. The molecular weight excluding hydrogens is 550 g/mol. The van der Waals surface area contributed by atoms with E-state index in [2.05, 4.69) is 15.9 Å². The van der Waals surface area contributed by atoms with Crippen LogP contribution in [0.5, 0.6) is 11.5 Å². The molecule has 0 N–H and O–H groups in total. The number of amides is 2. The average molecular weight is 570 g/mol. The molecule has 1 saturated heterocycles. The molecule has 0 aromatic heterocycles. The monoisotopic (exact) mass is 569 g/mol. The van der Waals surface area contributed by atoms with Crippen molar-refractivity contribution < 1.29 is 33.4 Å². The summed E-state index contributed by atoms with van der Waals surface area (Å²) in [6, 6.07) is 16.1. The van der Waals surface area contributed by atoms with Crippen LogP contribution in [-0.2, 0) is 14.3 Å². The van der Waals surface area contributed by atoms with Gasteiger partial charge in [-0.1, -0.05) is 36.4 Å². The highest BCUT2D eigenvalue weighted by Gasteiger charge is 2.36. The molecule has 1 aliphatic heterocycles. The number of thioether (sulfide) groups is 1. The first kappa shape index (κ1) is 25.5. The molecule has 10 heteroatoms. The number of hydrogen-bond acceptors (Lipinski definition) is 8. The molecule has 1 aliphatic rings. The number of carbonyl (C=O) groups is 4. The van der Waals surface area contributed by atoms with Crippen molar-refractivity contribution in [3.05, 3.63) is 75.1 Å². The summed E-state index contributed by atoms with van der Waals surface area (Å²) in [5, 5.41) is 1.10. The number of methoxy groups -OCH3 is 1. The van der Waals surface area contributed by atoms with Gasteiger partial charge in [0, 0.05) is 0 Å². The number of carbonyl (C=O) groups excluding carboxylic acids is 4. The fourth-order valence-electron chi connectivity index (χ4n) is 3.60. The zero-order chi connectivity index (χ0) is 25.8. The Morgan fingerprint density at radius 2 is 1.83 bits per heavy atom. The summed E-state index contributed by atoms with van der Waals surface area (Å²) < 4.78 is 16.4. The fourth-order valence-corrected chi connectivity index (χ4v) is 4.98. The Balaban J connectivity index is 1.59. The molecule has 3 aromatic rings. The first-order valence-electron chi connectivity index (χ1n) is 10.8. The van der Waals surface area contributed by atoms with Crippen LogP contribution in [0.1, 0.15) is 22.8 Å². The molecule has 0 radical (unpaired) electrons. The third-order valence-electron chi connectivity index (χ3n) is 5.22. The predicted molar refractivity (Wildman–Crippen MR) is 139 cm³/mol. The van der Waals surface area contributed by atoms with Gasteiger partial charge in [0.05, 0.1) is 28.7 Å². The zero-order valence-corrected chi connectivity index (χ0v) is 21.7. The van der Waals surface area contributed by atoms with Gasteiger partial charge in [0.15, 0.2) is 11.5 Å². The van der Waals surface area contributed by atoms with E-state index in [0.717, 1.165) is 27.4 Å². The summed E-state index contributed by atoms with van der Waals surface area (Å²) in [7, 11) is 1.42. The highest BCUT2D eigenvalue weighted by Crippen LogP contribution is 2.39. The maximum atomic E-state index is 13.0. The van der Waals surface area contributed by atoms with Crippen LogP contribution in [0.25, 0.3) is 16.8 Å². The Morgan fingerprint density at radius 3 is 2.58 bits per heavy atom. The van der Waals surface area contributed by atoms with E-state index in [0.29, 0.717) is 15.6 Å². The second kappa shape index (κ2) is 11.0. The van der Waals surface area contributed by atoms with Crippen molar-refractivity contribution in [3.63, 3.8) is 0 Å². The molecule has 184 valence electrons. The van der Waals surface area contributed by atoms with Crippen molar-refractivity contribution >= 4 is 67.6 Å². The number of hydrogen-bond donors (Lipinski definition) is 0. The molecule has 1 heterocycles. The summed E-state index contributed by atoms with van der Waals surface area (Å²) in [6.07, 6.45) is 1.50. The highest BCUT2D eigenvalue weighted by atomic mass is 79.9. The minimum atomic E-state index is -0.664. The van der Waals surface area contributed by atoms with Gasteiger partial charge in [0.2, 0.25) is 0 Å². The molecule has 0 spiro atoms. The van der Waals surface area contributed by atoms with E-state index >= 15 is 0 Å². The van der Waals surface area contributed by atoms with Crippen molar-refractivity contribution in [2.75, 3.05) is 20.3 Å².